The van der Waals surface area contributed by atoms with Gasteiger partial charge in [0, 0.05) is 23.0 Å². The molecule has 0 bridgehead atoms. The summed E-state index contributed by atoms with van der Waals surface area (Å²) in [5.41, 5.74) is 7.90. The van der Waals surface area contributed by atoms with Gasteiger partial charge < -0.3 is 15.8 Å². The van der Waals surface area contributed by atoms with Gasteiger partial charge in [-0.2, -0.15) is 0 Å². The zero-order valence-electron chi connectivity index (χ0n) is 13.6. The minimum absolute atomic E-state index is 0.0925. The highest BCUT2D eigenvalue weighted by Gasteiger charge is 2.18. The third-order valence-electron chi connectivity index (χ3n) is 4.29. The highest BCUT2D eigenvalue weighted by molar-refractivity contribution is 6.05. The number of nitrogens with one attached hydrogen (secondary N) is 1. The summed E-state index contributed by atoms with van der Waals surface area (Å²) in [6, 6.07) is 9.62. The molecule has 0 unspecified atom stereocenters. The van der Waals surface area contributed by atoms with Crippen LogP contribution in [-0.2, 0) is 0 Å². The number of carbonyl (C=O) groups is 1. The Labute approximate surface area is 140 Å². The van der Waals surface area contributed by atoms with Crippen molar-refractivity contribution in [2.75, 3.05) is 11.1 Å². The molecular formula is C19H21FN2O2. The van der Waals surface area contributed by atoms with Gasteiger partial charge in [-0.05, 0) is 62.4 Å². The molecule has 1 aliphatic carbocycles. The van der Waals surface area contributed by atoms with Gasteiger partial charge in [-0.15, -0.1) is 0 Å². The van der Waals surface area contributed by atoms with Crippen LogP contribution in [0, 0.1) is 12.7 Å². The van der Waals surface area contributed by atoms with Crippen LogP contribution in [0.15, 0.2) is 36.4 Å². The molecule has 3 rings (SSSR count). The van der Waals surface area contributed by atoms with Crippen molar-refractivity contribution in [3.8, 4) is 5.75 Å². The molecule has 24 heavy (non-hydrogen) atoms. The van der Waals surface area contributed by atoms with E-state index in [1.807, 2.05) is 6.92 Å². The van der Waals surface area contributed by atoms with Gasteiger partial charge in [0.25, 0.3) is 5.91 Å². The molecule has 0 atom stereocenters. The number of aryl methyl sites for hydroxylation is 1. The first kappa shape index (κ1) is 16.3. The Balaban J connectivity index is 1.72. The topological polar surface area (TPSA) is 64.4 Å². The SMILES string of the molecule is Cc1ccc(N)cc1C(=O)Nc1ccc(OC2CCCC2)c(F)c1. The first-order valence-electron chi connectivity index (χ1n) is 8.16. The van der Waals surface area contributed by atoms with Gasteiger partial charge >= 0.3 is 0 Å². The van der Waals surface area contributed by atoms with Gasteiger partial charge in [0.1, 0.15) is 0 Å². The second-order valence-electron chi connectivity index (χ2n) is 6.20. The van der Waals surface area contributed by atoms with Crippen molar-refractivity contribution in [1.82, 2.24) is 0 Å². The Morgan fingerprint density at radius 3 is 2.67 bits per heavy atom. The van der Waals surface area contributed by atoms with Crippen LogP contribution in [0.3, 0.4) is 0 Å². The maximum Gasteiger partial charge on any atom is 0.256 e. The fourth-order valence-electron chi connectivity index (χ4n) is 2.94. The Kier molecular flexibility index (Phi) is 4.69. The largest absolute Gasteiger partial charge is 0.487 e. The van der Waals surface area contributed by atoms with Gasteiger partial charge in [-0.3, -0.25) is 4.79 Å². The summed E-state index contributed by atoms with van der Waals surface area (Å²) < 4.78 is 19.9. The molecule has 2 aromatic carbocycles. The predicted octanol–water partition coefficient (Wildman–Crippen LogP) is 4.29. The van der Waals surface area contributed by atoms with E-state index in [9.17, 15) is 9.18 Å². The highest BCUT2D eigenvalue weighted by Crippen LogP contribution is 2.28. The van der Waals surface area contributed by atoms with Crippen molar-refractivity contribution < 1.29 is 13.9 Å². The monoisotopic (exact) mass is 328 g/mol. The van der Waals surface area contributed by atoms with E-state index in [1.165, 1.54) is 6.07 Å². The maximum atomic E-state index is 14.2. The van der Waals surface area contributed by atoms with E-state index in [4.69, 9.17) is 10.5 Å². The van der Waals surface area contributed by atoms with Gasteiger partial charge in [0.2, 0.25) is 0 Å². The van der Waals surface area contributed by atoms with E-state index >= 15 is 0 Å². The first-order valence-corrected chi connectivity index (χ1v) is 8.16. The molecule has 1 saturated carbocycles. The molecule has 0 aliphatic heterocycles. The summed E-state index contributed by atoms with van der Waals surface area (Å²) in [7, 11) is 0. The van der Waals surface area contributed by atoms with Crippen LogP contribution in [0.4, 0.5) is 15.8 Å². The van der Waals surface area contributed by atoms with Crippen molar-refractivity contribution in [2.24, 2.45) is 0 Å². The average Bonchev–Trinajstić information content (AvgIpc) is 3.05. The molecule has 126 valence electrons. The fourth-order valence-corrected chi connectivity index (χ4v) is 2.94. The standard InChI is InChI=1S/C19H21FN2O2/c1-12-6-7-13(21)10-16(12)19(23)22-14-8-9-18(17(20)11-14)24-15-4-2-3-5-15/h6-11,15H,2-5,21H2,1H3,(H,22,23). The lowest BCUT2D eigenvalue weighted by Gasteiger charge is -2.14. The summed E-state index contributed by atoms with van der Waals surface area (Å²) in [5, 5.41) is 2.70. The lowest BCUT2D eigenvalue weighted by atomic mass is 10.1. The Bertz CT molecular complexity index is 755. The van der Waals surface area contributed by atoms with Gasteiger partial charge in [-0.1, -0.05) is 6.07 Å². The number of nitrogen functional groups attached to an aromatic ring is 1. The summed E-state index contributed by atoms with van der Waals surface area (Å²) in [6.07, 6.45) is 4.27. The molecule has 0 saturated heterocycles. The third kappa shape index (κ3) is 3.67. The molecule has 0 radical (unpaired) electrons. The number of amides is 1. The average molecular weight is 328 g/mol. The van der Waals surface area contributed by atoms with Crippen molar-refractivity contribution >= 4 is 17.3 Å². The van der Waals surface area contributed by atoms with Gasteiger partial charge in [0.05, 0.1) is 6.10 Å². The van der Waals surface area contributed by atoms with Crippen LogP contribution in [0.2, 0.25) is 0 Å². The van der Waals surface area contributed by atoms with E-state index < -0.39 is 5.82 Å². The number of ether oxygens (including phenoxy) is 1. The Morgan fingerprint density at radius 2 is 1.96 bits per heavy atom. The molecule has 1 fully saturated rings. The number of carbonyl (C=O) groups excluding carboxylic acids is 1. The number of rotatable bonds is 4. The lowest BCUT2D eigenvalue weighted by molar-refractivity contribution is 0.102. The number of hydrogen-bond acceptors (Lipinski definition) is 3. The van der Waals surface area contributed by atoms with E-state index in [0.717, 1.165) is 31.2 Å². The van der Waals surface area contributed by atoms with Gasteiger partial charge in [0.15, 0.2) is 11.6 Å². The van der Waals surface area contributed by atoms with Crippen LogP contribution in [0.25, 0.3) is 0 Å². The zero-order chi connectivity index (χ0) is 17.1. The van der Waals surface area contributed by atoms with Crippen LogP contribution in [0.1, 0.15) is 41.6 Å². The van der Waals surface area contributed by atoms with E-state index in [1.54, 1.807) is 30.3 Å². The van der Waals surface area contributed by atoms with Crippen molar-refractivity contribution in [1.29, 1.82) is 0 Å². The molecule has 2 aromatic rings. The number of hydrogen-bond donors (Lipinski definition) is 2. The molecule has 5 heteroatoms. The minimum atomic E-state index is -0.469. The second kappa shape index (κ2) is 6.91. The van der Waals surface area contributed by atoms with Crippen LogP contribution >= 0.6 is 0 Å². The number of anilines is 2. The van der Waals surface area contributed by atoms with Crippen LogP contribution in [-0.4, -0.2) is 12.0 Å². The molecule has 4 nitrogen and oxygen atoms in total. The maximum absolute atomic E-state index is 14.2. The normalized spacial score (nSPS) is 14.6. The number of benzene rings is 2. The third-order valence-corrected chi connectivity index (χ3v) is 4.29. The second-order valence-corrected chi connectivity index (χ2v) is 6.20. The summed E-state index contributed by atoms with van der Waals surface area (Å²) >= 11 is 0. The molecule has 0 spiro atoms. The molecule has 1 aliphatic rings. The molecule has 0 heterocycles. The number of nitrogens with two attached hydrogens (primary N) is 1. The Morgan fingerprint density at radius 1 is 1.21 bits per heavy atom. The van der Waals surface area contributed by atoms with Gasteiger partial charge in [-0.25, -0.2) is 4.39 Å². The fraction of sp³-hybridized carbons (Fsp3) is 0.316. The number of halogens is 1. The Hall–Kier alpha value is -2.56. The highest BCUT2D eigenvalue weighted by atomic mass is 19.1. The molecule has 1 amide bonds. The van der Waals surface area contributed by atoms with Crippen molar-refractivity contribution in [3.63, 3.8) is 0 Å². The summed E-state index contributed by atoms with van der Waals surface area (Å²) in [5.74, 6) is -0.548. The minimum Gasteiger partial charge on any atom is -0.487 e. The van der Waals surface area contributed by atoms with E-state index in [-0.39, 0.29) is 17.8 Å². The summed E-state index contributed by atoms with van der Waals surface area (Å²) in [6.45, 7) is 1.83. The zero-order valence-corrected chi connectivity index (χ0v) is 13.6. The van der Waals surface area contributed by atoms with Crippen LogP contribution < -0.4 is 15.8 Å². The molecule has 0 aromatic heterocycles. The van der Waals surface area contributed by atoms with E-state index in [0.29, 0.717) is 16.9 Å². The summed E-state index contributed by atoms with van der Waals surface area (Å²) in [4.78, 5) is 12.3. The van der Waals surface area contributed by atoms with Crippen molar-refractivity contribution in [3.05, 3.63) is 53.3 Å². The molecule has 3 N–H and O–H groups in total. The van der Waals surface area contributed by atoms with Crippen LogP contribution in [0.5, 0.6) is 5.75 Å². The quantitative estimate of drug-likeness (QED) is 0.823. The lowest BCUT2D eigenvalue weighted by Crippen LogP contribution is -2.15. The van der Waals surface area contributed by atoms with Crippen molar-refractivity contribution in [2.45, 2.75) is 38.7 Å². The first-order chi connectivity index (χ1) is 11.5. The predicted molar refractivity (Wildman–Crippen MR) is 92.8 cm³/mol. The smallest absolute Gasteiger partial charge is 0.256 e. The molecular weight excluding hydrogens is 307 g/mol. The van der Waals surface area contributed by atoms with E-state index in [2.05, 4.69) is 5.32 Å².